The lowest BCUT2D eigenvalue weighted by molar-refractivity contribution is -0.139. The quantitative estimate of drug-likeness (QED) is 0.674. The smallest absolute Gasteiger partial charge is 0.320 e. The van der Waals surface area contributed by atoms with Crippen molar-refractivity contribution in [1.29, 1.82) is 0 Å². The Balaban J connectivity index is 0.00000144. The molecule has 4 heteroatoms. The second kappa shape index (κ2) is 5.85. The highest BCUT2D eigenvalue weighted by atomic mass is 35.5. The lowest BCUT2D eigenvalue weighted by Gasteiger charge is -2.09. The minimum atomic E-state index is -0.752. The van der Waals surface area contributed by atoms with Crippen molar-refractivity contribution in [3.8, 4) is 12.3 Å². The molecular weight excluding hydrogens is 190 g/mol. The first-order valence-electron chi connectivity index (χ1n) is 4.16. The summed E-state index contributed by atoms with van der Waals surface area (Å²) in [6.45, 7) is 0. The summed E-state index contributed by atoms with van der Waals surface area (Å²) in [6, 6.07) is -0.0464. The zero-order chi connectivity index (χ0) is 8.97. The molecule has 0 aliphatic carbocycles. The van der Waals surface area contributed by atoms with E-state index in [1.165, 1.54) is 0 Å². The number of nitrogens with one attached hydrogen (secondary N) is 1. The fourth-order valence-electron chi connectivity index (χ4n) is 1.50. The van der Waals surface area contributed by atoms with Crippen molar-refractivity contribution in [2.24, 2.45) is 0 Å². The molecule has 1 aliphatic rings. The molecule has 1 saturated heterocycles. The third-order valence-electron chi connectivity index (χ3n) is 2.18. The molecule has 3 nitrogen and oxygen atoms in total. The third kappa shape index (κ3) is 3.67. The number of carboxylic acids is 1. The van der Waals surface area contributed by atoms with E-state index in [1.807, 2.05) is 0 Å². The molecule has 1 aliphatic heterocycles. The van der Waals surface area contributed by atoms with Crippen molar-refractivity contribution < 1.29 is 9.90 Å². The minimum absolute atomic E-state index is 0. The SMILES string of the molecule is C#CCCC1CCC(C(=O)O)N1.Cl. The molecule has 2 N–H and O–H groups in total. The molecule has 2 atom stereocenters. The number of carboxylic acid groups (broad SMARTS) is 1. The number of halogens is 1. The summed E-state index contributed by atoms with van der Waals surface area (Å²) in [5.41, 5.74) is 0. The average Bonchev–Trinajstić information content (AvgIpc) is 2.48. The molecule has 1 fully saturated rings. The van der Waals surface area contributed by atoms with Gasteiger partial charge in [0, 0.05) is 12.5 Å². The highest BCUT2D eigenvalue weighted by Gasteiger charge is 2.27. The minimum Gasteiger partial charge on any atom is -0.480 e. The number of rotatable bonds is 3. The van der Waals surface area contributed by atoms with Crippen LogP contribution in [0.1, 0.15) is 25.7 Å². The molecule has 0 aromatic rings. The van der Waals surface area contributed by atoms with Gasteiger partial charge in [-0.05, 0) is 19.3 Å². The molecule has 0 spiro atoms. The highest BCUT2D eigenvalue weighted by molar-refractivity contribution is 5.85. The molecule has 74 valence electrons. The standard InChI is InChI=1S/C9H13NO2.ClH/c1-2-3-4-7-5-6-8(10-7)9(11)12;/h1,7-8,10H,3-6H2,(H,11,12);1H. The van der Waals surface area contributed by atoms with Crippen LogP contribution in [0.3, 0.4) is 0 Å². The molecular formula is C9H14ClNO2. The summed E-state index contributed by atoms with van der Waals surface area (Å²) in [7, 11) is 0. The van der Waals surface area contributed by atoms with E-state index in [9.17, 15) is 4.79 Å². The van der Waals surface area contributed by atoms with Crippen LogP contribution in [-0.2, 0) is 4.79 Å². The van der Waals surface area contributed by atoms with Gasteiger partial charge in [-0.25, -0.2) is 0 Å². The van der Waals surface area contributed by atoms with Gasteiger partial charge in [0.25, 0.3) is 0 Å². The van der Waals surface area contributed by atoms with Crippen LogP contribution < -0.4 is 5.32 Å². The Kier molecular flexibility index (Phi) is 5.52. The molecule has 0 amide bonds. The zero-order valence-electron chi connectivity index (χ0n) is 7.32. The second-order valence-corrected chi connectivity index (χ2v) is 3.07. The summed E-state index contributed by atoms with van der Waals surface area (Å²) in [5.74, 6) is 1.80. The molecule has 2 unspecified atom stereocenters. The summed E-state index contributed by atoms with van der Waals surface area (Å²) < 4.78 is 0. The lowest BCUT2D eigenvalue weighted by atomic mass is 10.1. The van der Waals surface area contributed by atoms with Crippen molar-refractivity contribution in [3.05, 3.63) is 0 Å². The topological polar surface area (TPSA) is 49.3 Å². The first-order valence-corrected chi connectivity index (χ1v) is 4.16. The van der Waals surface area contributed by atoms with Crippen LogP contribution in [-0.4, -0.2) is 23.2 Å². The van der Waals surface area contributed by atoms with Crippen LogP contribution in [0.25, 0.3) is 0 Å². The number of hydrogen-bond acceptors (Lipinski definition) is 2. The summed E-state index contributed by atoms with van der Waals surface area (Å²) in [5, 5.41) is 11.7. The van der Waals surface area contributed by atoms with E-state index in [-0.39, 0.29) is 18.4 Å². The third-order valence-corrected chi connectivity index (χ3v) is 2.18. The predicted octanol–water partition coefficient (Wildman–Crippen LogP) is 1.03. The van der Waals surface area contributed by atoms with Gasteiger partial charge in [0.2, 0.25) is 0 Å². The Hall–Kier alpha value is -0.720. The van der Waals surface area contributed by atoms with Crippen LogP contribution in [0, 0.1) is 12.3 Å². The van der Waals surface area contributed by atoms with E-state index in [0.29, 0.717) is 6.04 Å². The molecule has 1 heterocycles. The Morgan fingerprint density at radius 2 is 2.31 bits per heavy atom. The second-order valence-electron chi connectivity index (χ2n) is 3.07. The van der Waals surface area contributed by atoms with Gasteiger partial charge in [0.05, 0.1) is 0 Å². The molecule has 1 rings (SSSR count). The van der Waals surface area contributed by atoms with Gasteiger partial charge in [0.1, 0.15) is 6.04 Å². The van der Waals surface area contributed by atoms with E-state index in [1.54, 1.807) is 0 Å². The largest absolute Gasteiger partial charge is 0.480 e. The molecule has 0 saturated carbocycles. The normalized spacial score (nSPS) is 26.1. The molecule has 0 aromatic heterocycles. The summed E-state index contributed by atoms with van der Waals surface area (Å²) >= 11 is 0. The fraction of sp³-hybridized carbons (Fsp3) is 0.667. The summed E-state index contributed by atoms with van der Waals surface area (Å²) in [6.07, 6.45) is 8.38. The van der Waals surface area contributed by atoms with Crippen molar-refractivity contribution in [1.82, 2.24) is 5.32 Å². The maximum Gasteiger partial charge on any atom is 0.320 e. The molecule has 0 aromatic carbocycles. The monoisotopic (exact) mass is 203 g/mol. The highest BCUT2D eigenvalue weighted by Crippen LogP contribution is 2.15. The van der Waals surface area contributed by atoms with Crippen molar-refractivity contribution >= 4 is 18.4 Å². The van der Waals surface area contributed by atoms with Crippen LogP contribution in [0.5, 0.6) is 0 Å². The van der Waals surface area contributed by atoms with E-state index in [0.717, 1.165) is 25.7 Å². The van der Waals surface area contributed by atoms with Gasteiger partial charge in [-0.1, -0.05) is 0 Å². The Morgan fingerprint density at radius 3 is 2.77 bits per heavy atom. The number of aliphatic carboxylic acids is 1. The summed E-state index contributed by atoms with van der Waals surface area (Å²) in [4.78, 5) is 10.5. The maximum atomic E-state index is 10.5. The van der Waals surface area contributed by atoms with Crippen molar-refractivity contribution in [2.75, 3.05) is 0 Å². The average molecular weight is 204 g/mol. The fourth-order valence-corrected chi connectivity index (χ4v) is 1.50. The van der Waals surface area contributed by atoms with Gasteiger partial charge in [0.15, 0.2) is 0 Å². The van der Waals surface area contributed by atoms with Crippen molar-refractivity contribution in [3.63, 3.8) is 0 Å². The Bertz CT molecular complexity index is 212. The van der Waals surface area contributed by atoms with Crippen LogP contribution in [0.2, 0.25) is 0 Å². The maximum absolute atomic E-state index is 10.5. The first kappa shape index (κ1) is 12.3. The predicted molar refractivity (Wildman–Crippen MR) is 52.9 cm³/mol. The Labute approximate surface area is 84.3 Å². The van der Waals surface area contributed by atoms with E-state index >= 15 is 0 Å². The molecule has 13 heavy (non-hydrogen) atoms. The first-order chi connectivity index (χ1) is 5.74. The Morgan fingerprint density at radius 1 is 1.62 bits per heavy atom. The van der Waals surface area contributed by atoms with Crippen LogP contribution in [0.15, 0.2) is 0 Å². The lowest BCUT2D eigenvalue weighted by Crippen LogP contribution is -2.35. The number of hydrogen-bond donors (Lipinski definition) is 2. The number of terminal acetylenes is 1. The number of carbonyl (C=O) groups is 1. The van der Waals surface area contributed by atoms with E-state index in [4.69, 9.17) is 11.5 Å². The van der Waals surface area contributed by atoms with E-state index < -0.39 is 5.97 Å². The zero-order valence-corrected chi connectivity index (χ0v) is 8.14. The van der Waals surface area contributed by atoms with Gasteiger partial charge in [-0.2, -0.15) is 0 Å². The van der Waals surface area contributed by atoms with Gasteiger partial charge < -0.3 is 10.4 Å². The van der Waals surface area contributed by atoms with Crippen molar-refractivity contribution in [2.45, 2.75) is 37.8 Å². The van der Waals surface area contributed by atoms with Crippen LogP contribution in [0.4, 0.5) is 0 Å². The van der Waals surface area contributed by atoms with E-state index in [2.05, 4.69) is 11.2 Å². The van der Waals surface area contributed by atoms with Gasteiger partial charge in [-0.15, -0.1) is 24.8 Å². The molecule has 0 radical (unpaired) electrons. The van der Waals surface area contributed by atoms with Crippen LogP contribution >= 0.6 is 12.4 Å². The van der Waals surface area contributed by atoms with Gasteiger partial charge in [-0.3, -0.25) is 4.79 Å². The van der Waals surface area contributed by atoms with Gasteiger partial charge >= 0.3 is 5.97 Å². The molecule has 0 bridgehead atoms.